The summed E-state index contributed by atoms with van der Waals surface area (Å²) < 4.78 is 29.1. The van der Waals surface area contributed by atoms with E-state index in [0.29, 0.717) is 34.8 Å². The van der Waals surface area contributed by atoms with Crippen LogP contribution in [-0.4, -0.2) is 26.8 Å². The molecule has 1 aromatic heterocycles. The minimum Gasteiger partial charge on any atom is -0.393 e. The molecule has 1 aliphatic rings. The van der Waals surface area contributed by atoms with E-state index in [0.717, 1.165) is 6.92 Å². The predicted molar refractivity (Wildman–Crippen MR) is 105 cm³/mol. The Morgan fingerprint density at radius 3 is 2.61 bits per heavy atom. The number of para-hydroxylation sites is 1. The summed E-state index contributed by atoms with van der Waals surface area (Å²) >= 11 is 6.25. The molecule has 0 amide bonds. The fraction of sp³-hybridized carbons (Fsp3) is 0.300. The first-order valence-corrected chi connectivity index (χ1v) is 9.26. The normalized spacial score (nSPS) is 19.5. The molecule has 5 nitrogen and oxygen atoms in total. The van der Waals surface area contributed by atoms with E-state index in [1.54, 1.807) is 24.3 Å². The largest absolute Gasteiger partial charge is 0.393 e. The predicted octanol–water partition coefficient (Wildman–Crippen LogP) is 4.09. The van der Waals surface area contributed by atoms with Gasteiger partial charge in [0.2, 0.25) is 0 Å². The van der Waals surface area contributed by atoms with Gasteiger partial charge < -0.3 is 10.4 Å². The second-order valence-electron chi connectivity index (χ2n) is 7.12. The lowest BCUT2D eigenvalue weighted by atomic mass is 9.89. The minimum absolute atomic E-state index is 0.0199. The Morgan fingerprint density at radius 2 is 1.96 bits per heavy atom. The van der Waals surface area contributed by atoms with Crippen molar-refractivity contribution < 1.29 is 13.9 Å². The number of aliphatic hydroxyl groups is 1. The van der Waals surface area contributed by atoms with Gasteiger partial charge in [-0.05, 0) is 37.1 Å². The lowest BCUT2D eigenvalue weighted by Crippen LogP contribution is -2.40. The SMILES string of the molecule is CC(F)(F)c1ccc2c(NC3CC(O)C3)nc(=O)n(-c3ccccc3Cl)c2c1. The van der Waals surface area contributed by atoms with Gasteiger partial charge >= 0.3 is 5.69 Å². The monoisotopic (exact) mass is 405 g/mol. The van der Waals surface area contributed by atoms with Crippen molar-refractivity contribution in [2.45, 2.75) is 37.8 Å². The molecule has 2 N–H and O–H groups in total. The van der Waals surface area contributed by atoms with E-state index in [1.807, 2.05) is 0 Å². The Hall–Kier alpha value is -2.51. The van der Waals surface area contributed by atoms with Crippen molar-refractivity contribution in [1.29, 1.82) is 0 Å². The van der Waals surface area contributed by atoms with Gasteiger partial charge in [-0.3, -0.25) is 4.57 Å². The Morgan fingerprint density at radius 1 is 1.25 bits per heavy atom. The van der Waals surface area contributed by atoms with Crippen molar-refractivity contribution in [2.24, 2.45) is 0 Å². The Labute approximate surface area is 164 Å². The third-order valence-corrected chi connectivity index (χ3v) is 5.27. The number of aromatic nitrogens is 2. The van der Waals surface area contributed by atoms with E-state index in [4.69, 9.17) is 11.6 Å². The fourth-order valence-electron chi connectivity index (χ4n) is 3.37. The number of halogens is 3. The fourth-order valence-corrected chi connectivity index (χ4v) is 3.59. The molecule has 0 unspecified atom stereocenters. The Balaban J connectivity index is 1.96. The van der Waals surface area contributed by atoms with E-state index >= 15 is 0 Å². The second-order valence-corrected chi connectivity index (χ2v) is 7.52. The minimum atomic E-state index is -3.06. The first kappa shape index (κ1) is 18.8. The summed E-state index contributed by atoms with van der Waals surface area (Å²) in [4.78, 5) is 17.0. The smallest absolute Gasteiger partial charge is 0.354 e. The molecule has 1 heterocycles. The van der Waals surface area contributed by atoms with Gasteiger partial charge in [0.25, 0.3) is 5.92 Å². The zero-order chi connectivity index (χ0) is 20.1. The summed E-state index contributed by atoms with van der Waals surface area (Å²) in [5, 5.41) is 13.5. The molecule has 1 aliphatic carbocycles. The highest BCUT2D eigenvalue weighted by Gasteiger charge is 2.29. The van der Waals surface area contributed by atoms with Crippen LogP contribution in [0.4, 0.5) is 14.6 Å². The van der Waals surface area contributed by atoms with Crippen molar-refractivity contribution in [1.82, 2.24) is 9.55 Å². The maximum Gasteiger partial charge on any atom is 0.354 e. The van der Waals surface area contributed by atoms with Crippen LogP contribution in [0.1, 0.15) is 25.3 Å². The highest BCUT2D eigenvalue weighted by molar-refractivity contribution is 6.32. The molecule has 1 saturated carbocycles. The standard InChI is InChI=1S/C20H18ClF2N3O2/c1-20(22,23)11-6-7-14-17(8-11)26(16-5-3-2-4-15(16)21)19(28)25-18(14)24-12-9-13(27)10-12/h2-8,12-13,27H,9-10H2,1H3,(H,24,25,28). The van der Waals surface area contributed by atoms with Crippen LogP contribution in [0.5, 0.6) is 0 Å². The number of nitrogens with zero attached hydrogens (tertiary/aromatic N) is 2. The number of fused-ring (bicyclic) bond motifs is 1. The van der Waals surface area contributed by atoms with Gasteiger partial charge in [-0.15, -0.1) is 0 Å². The molecule has 0 aliphatic heterocycles. The van der Waals surface area contributed by atoms with Crippen molar-refractivity contribution in [3.63, 3.8) is 0 Å². The van der Waals surface area contributed by atoms with Crippen LogP contribution in [0.2, 0.25) is 5.02 Å². The molecule has 0 radical (unpaired) electrons. The van der Waals surface area contributed by atoms with Gasteiger partial charge in [0, 0.05) is 23.9 Å². The van der Waals surface area contributed by atoms with Crippen molar-refractivity contribution >= 4 is 28.3 Å². The Bertz CT molecular complexity index is 1100. The first-order chi connectivity index (χ1) is 13.2. The maximum absolute atomic E-state index is 13.9. The van der Waals surface area contributed by atoms with Crippen LogP contribution in [0, 0.1) is 0 Å². The number of rotatable bonds is 4. The highest BCUT2D eigenvalue weighted by atomic mass is 35.5. The van der Waals surface area contributed by atoms with Crippen LogP contribution >= 0.6 is 11.6 Å². The highest BCUT2D eigenvalue weighted by Crippen LogP contribution is 2.33. The van der Waals surface area contributed by atoms with Crippen molar-refractivity contribution in [2.75, 3.05) is 5.32 Å². The number of aliphatic hydroxyl groups excluding tert-OH is 1. The van der Waals surface area contributed by atoms with Gasteiger partial charge in [-0.2, -0.15) is 4.98 Å². The van der Waals surface area contributed by atoms with E-state index in [9.17, 15) is 18.7 Å². The summed E-state index contributed by atoms with van der Waals surface area (Å²) in [5.74, 6) is -2.75. The lowest BCUT2D eigenvalue weighted by Gasteiger charge is -2.32. The third-order valence-electron chi connectivity index (χ3n) is 4.95. The first-order valence-electron chi connectivity index (χ1n) is 8.88. The van der Waals surface area contributed by atoms with Gasteiger partial charge in [0.1, 0.15) is 5.82 Å². The van der Waals surface area contributed by atoms with Crippen LogP contribution in [0.25, 0.3) is 16.6 Å². The Kier molecular flexibility index (Phi) is 4.59. The van der Waals surface area contributed by atoms with E-state index in [-0.39, 0.29) is 23.2 Å². The summed E-state index contributed by atoms with van der Waals surface area (Å²) in [6.45, 7) is 0.808. The van der Waals surface area contributed by atoms with Crippen molar-refractivity contribution in [3.8, 4) is 5.69 Å². The van der Waals surface area contributed by atoms with Crippen LogP contribution in [0.3, 0.4) is 0 Å². The molecule has 2 aromatic carbocycles. The van der Waals surface area contributed by atoms with Crippen molar-refractivity contribution in [3.05, 3.63) is 63.5 Å². The lowest BCUT2D eigenvalue weighted by molar-refractivity contribution is 0.0176. The molecular formula is C20H18ClF2N3O2. The molecule has 3 aromatic rings. The topological polar surface area (TPSA) is 67.2 Å². The number of nitrogens with one attached hydrogen (secondary N) is 1. The molecule has 0 saturated heterocycles. The average Bonchev–Trinajstić information content (AvgIpc) is 2.60. The van der Waals surface area contributed by atoms with Crippen LogP contribution < -0.4 is 11.0 Å². The quantitative estimate of drug-likeness (QED) is 0.686. The summed E-state index contributed by atoms with van der Waals surface area (Å²) in [5.41, 5.74) is -0.181. The number of alkyl halides is 2. The summed E-state index contributed by atoms with van der Waals surface area (Å²) in [7, 11) is 0. The maximum atomic E-state index is 13.9. The van der Waals surface area contributed by atoms with Gasteiger partial charge in [-0.25, -0.2) is 13.6 Å². The van der Waals surface area contributed by atoms with Crippen LogP contribution in [0.15, 0.2) is 47.3 Å². The molecule has 4 rings (SSSR count). The summed E-state index contributed by atoms with van der Waals surface area (Å²) in [6.07, 6.45) is 0.710. The average molecular weight is 406 g/mol. The molecule has 28 heavy (non-hydrogen) atoms. The molecular weight excluding hydrogens is 388 g/mol. The summed E-state index contributed by atoms with van der Waals surface area (Å²) in [6, 6.07) is 10.8. The molecule has 8 heteroatoms. The zero-order valence-corrected chi connectivity index (χ0v) is 15.8. The van der Waals surface area contributed by atoms with Gasteiger partial charge in [0.05, 0.1) is 22.3 Å². The molecule has 1 fully saturated rings. The zero-order valence-electron chi connectivity index (χ0n) is 15.0. The number of hydrogen-bond acceptors (Lipinski definition) is 4. The molecule has 146 valence electrons. The molecule has 0 bridgehead atoms. The molecule has 0 atom stereocenters. The number of benzene rings is 2. The number of hydrogen-bond donors (Lipinski definition) is 2. The number of anilines is 1. The van der Waals surface area contributed by atoms with Crippen LogP contribution in [-0.2, 0) is 5.92 Å². The van der Waals surface area contributed by atoms with Gasteiger partial charge in [0.15, 0.2) is 0 Å². The van der Waals surface area contributed by atoms with E-state index in [2.05, 4.69) is 10.3 Å². The second kappa shape index (κ2) is 6.83. The van der Waals surface area contributed by atoms with E-state index in [1.165, 1.54) is 22.8 Å². The molecule has 0 spiro atoms. The van der Waals surface area contributed by atoms with E-state index < -0.39 is 11.6 Å². The third kappa shape index (κ3) is 3.36. The van der Waals surface area contributed by atoms with Gasteiger partial charge in [-0.1, -0.05) is 29.8 Å².